The molecule has 0 aliphatic carbocycles. The zero-order chi connectivity index (χ0) is 11.9. The molecule has 0 amide bonds. The molecular formula is C15H11NO. The lowest BCUT2D eigenvalue weighted by molar-refractivity contribution is 0.482. The van der Waals surface area contributed by atoms with Gasteiger partial charge >= 0.3 is 0 Å². The quantitative estimate of drug-likeness (QED) is 0.733. The van der Waals surface area contributed by atoms with Gasteiger partial charge in [-0.1, -0.05) is 30.3 Å². The van der Waals surface area contributed by atoms with E-state index in [4.69, 9.17) is 10.00 Å². The van der Waals surface area contributed by atoms with Crippen LogP contribution in [0.2, 0.25) is 0 Å². The van der Waals surface area contributed by atoms with E-state index >= 15 is 0 Å². The Hall–Kier alpha value is -2.53. The predicted molar refractivity (Wildman–Crippen MR) is 67.6 cm³/mol. The van der Waals surface area contributed by atoms with Crippen molar-refractivity contribution in [3.8, 4) is 17.6 Å². The first-order chi connectivity index (χ1) is 8.38. The molecule has 2 heteroatoms. The van der Waals surface area contributed by atoms with Gasteiger partial charge in [-0.2, -0.15) is 5.26 Å². The highest BCUT2D eigenvalue weighted by atomic mass is 16.5. The molecule has 0 heterocycles. The average Bonchev–Trinajstić information content (AvgIpc) is 2.39. The molecule has 2 aromatic rings. The second-order valence-corrected chi connectivity index (χ2v) is 3.45. The minimum Gasteiger partial charge on any atom is -0.457 e. The van der Waals surface area contributed by atoms with Gasteiger partial charge in [0.05, 0.1) is 6.07 Å². The fourth-order valence-corrected chi connectivity index (χ4v) is 1.41. The normalized spacial score (nSPS) is 10.1. The Kier molecular flexibility index (Phi) is 3.57. The molecule has 0 spiro atoms. The van der Waals surface area contributed by atoms with Crippen molar-refractivity contribution in [1.29, 1.82) is 5.26 Å². The number of ether oxygens (including phenoxy) is 1. The summed E-state index contributed by atoms with van der Waals surface area (Å²) in [6, 6.07) is 19.2. The number of para-hydroxylation sites is 1. The van der Waals surface area contributed by atoms with Gasteiger partial charge < -0.3 is 4.74 Å². The van der Waals surface area contributed by atoms with Crippen LogP contribution in [0.4, 0.5) is 0 Å². The zero-order valence-corrected chi connectivity index (χ0v) is 9.21. The molecule has 2 rings (SSSR count). The fourth-order valence-electron chi connectivity index (χ4n) is 1.41. The van der Waals surface area contributed by atoms with E-state index in [2.05, 4.69) is 0 Å². The van der Waals surface area contributed by atoms with Gasteiger partial charge in [-0.25, -0.2) is 0 Å². The van der Waals surface area contributed by atoms with Crippen LogP contribution in [0.3, 0.4) is 0 Å². The molecular weight excluding hydrogens is 210 g/mol. The second kappa shape index (κ2) is 5.53. The first-order valence-electron chi connectivity index (χ1n) is 5.27. The summed E-state index contributed by atoms with van der Waals surface area (Å²) < 4.78 is 5.65. The Morgan fingerprint density at radius 3 is 2.18 bits per heavy atom. The molecule has 0 saturated carbocycles. The maximum Gasteiger partial charge on any atom is 0.127 e. The summed E-state index contributed by atoms with van der Waals surface area (Å²) in [5.74, 6) is 1.60. The van der Waals surface area contributed by atoms with Crippen molar-refractivity contribution in [3.05, 3.63) is 66.2 Å². The van der Waals surface area contributed by atoms with Crippen molar-refractivity contribution < 1.29 is 4.74 Å². The van der Waals surface area contributed by atoms with Crippen LogP contribution >= 0.6 is 0 Å². The number of nitrogens with zero attached hydrogens (tertiary/aromatic N) is 1. The maximum absolute atomic E-state index is 8.42. The lowest BCUT2D eigenvalue weighted by atomic mass is 10.2. The fraction of sp³-hybridized carbons (Fsp3) is 0. The smallest absolute Gasteiger partial charge is 0.127 e. The van der Waals surface area contributed by atoms with Gasteiger partial charge in [-0.15, -0.1) is 0 Å². The monoisotopic (exact) mass is 221 g/mol. The highest BCUT2D eigenvalue weighted by Crippen LogP contribution is 2.21. The number of rotatable bonds is 3. The molecule has 0 atom stereocenters. The largest absolute Gasteiger partial charge is 0.457 e. The van der Waals surface area contributed by atoms with Gasteiger partial charge in [0.2, 0.25) is 0 Å². The van der Waals surface area contributed by atoms with E-state index in [9.17, 15) is 0 Å². The summed E-state index contributed by atoms with van der Waals surface area (Å²) in [5, 5.41) is 8.42. The Balaban J connectivity index is 2.09. The molecule has 0 aliphatic rings. The Labute approximate surface area is 100 Å². The van der Waals surface area contributed by atoms with Crippen LogP contribution in [-0.2, 0) is 0 Å². The molecule has 0 N–H and O–H groups in total. The van der Waals surface area contributed by atoms with Gasteiger partial charge in [-0.05, 0) is 35.9 Å². The van der Waals surface area contributed by atoms with Crippen LogP contribution in [0.25, 0.3) is 6.08 Å². The van der Waals surface area contributed by atoms with Gasteiger partial charge in [0.15, 0.2) is 0 Å². The molecule has 0 bridgehead atoms. The van der Waals surface area contributed by atoms with E-state index in [0.29, 0.717) is 0 Å². The van der Waals surface area contributed by atoms with Gasteiger partial charge in [-0.3, -0.25) is 0 Å². The summed E-state index contributed by atoms with van der Waals surface area (Å²) in [7, 11) is 0. The summed E-state index contributed by atoms with van der Waals surface area (Å²) in [6.07, 6.45) is 3.21. The number of allylic oxidation sites excluding steroid dienone is 1. The number of nitriles is 1. The highest BCUT2D eigenvalue weighted by Gasteiger charge is 1.95. The molecule has 2 nitrogen and oxygen atoms in total. The van der Waals surface area contributed by atoms with Gasteiger partial charge in [0.1, 0.15) is 11.5 Å². The average molecular weight is 221 g/mol. The van der Waals surface area contributed by atoms with Crippen molar-refractivity contribution in [2.45, 2.75) is 0 Å². The van der Waals surface area contributed by atoms with E-state index in [0.717, 1.165) is 17.1 Å². The van der Waals surface area contributed by atoms with Crippen LogP contribution in [0.15, 0.2) is 60.7 Å². The van der Waals surface area contributed by atoms with Crippen LogP contribution in [-0.4, -0.2) is 0 Å². The highest BCUT2D eigenvalue weighted by molar-refractivity contribution is 5.53. The van der Waals surface area contributed by atoms with Crippen LogP contribution < -0.4 is 4.74 Å². The molecule has 17 heavy (non-hydrogen) atoms. The standard InChI is InChI=1S/C15H11NO/c16-12-4-5-13-8-10-15(11-9-13)17-14-6-2-1-3-7-14/h1-11H. The SMILES string of the molecule is N#CC=Cc1ccc(Oc2ccccc2)cc1. The van der Waals surface area contributed by atoms with Crippen molar-refractivity contribution in [2.75, 3.05) is 0 Å². The Bertz CT molecular complexity index is 535. The number of hydrogen-bond acceptors (Lipinski definition) is 2. The van der Waals surface area contributed by atoms with Crippen molar-refractivity contribution in [2.24, 2.45) is 0 Å². The molecule has 0 aromatic heterocycles. The van der Waals surface area contributed by atoms with Crippen molar-refractivity contribution in [3.63, 3.8) is 0 Å². The van der Waals surface area contributed by atoms with E-state index in [-0.39, 0.29) is 0 Å². The first kappa shape index (κ1) is 11.0. The minimum absolute atomic E-state index is 0.783. The van der Waals surface area contributed by atoms with Crippen molar-refractivity contribution in [1.82, 2.24) is 0 Å². The molecule has 82 valence electrons. The summed E-state index contributed by atoms with van der Waals surface area (Å²) >= 11 is 0. The lowest BCUT2D eigenvalue weighted by Gasteiger charge is -2.05. The molecule has 0 fully saturated rings. The third-order valence-electron chi connectivity index (χ3n) is 2.21. The van der Waals surface area contributed by atoms with E-state index in [1.165, 1.54) is 6.08 Å². The van der Waals surface area contributed by atoms with Crippen molar-refractivity contribution >= 4 is 6.08 Å². The number of hydrogen-bond donors (Lipinski definition) is 0. The Morgan fingerprint density at radius 2 is 1.53 bits per heavy atom. The molecule has 0 aliphatic heterocycles. The van der Waals surface area contributed by atoms with E-state index < -0.39 is 0 Å². The van der Waals surface area contributed by atoms with Crippen LogP contribution in [0, 0.1) is 11.3 Å². The summed E-state index contributed by atoms with van der Waals surface area (Å²) in [6.45, 7) is 0. The summed E-state index contributed by atoms with van der Waals surface area (Å²) in [4.78, 5) is 0. The molecule has 0 unspecified atom stereocenters. The summed E-state index contributed by atoms with van der Waals surface area (Å²) in [5.41, 5.74) is 0.979. The zero-order valence-electron chi connectivity index (χ0n) is 9.21. The third kappa shape index (κ3) is 3.22. The second-order valence-electron chi connectivity index (χ2n) is 3.45. The molecule has 0 radical (unpaired) electrons. The maximum atomic E-state index is 8.42. The predicted octanol–water partition coefficient (Wildman–Crippen LogP) is 4.02. The first-order valence-corrected chi connectivity index (χ1v) is 5.27. The molecule has 2 aromatic carbocycles. The van der Waals surface area contributed by atoms with Gasteiger partial charge in [0.25, 0.3) is 0 Å². The van der Waals surface area contributed by atoms with Crippen LogP contribution in [0.1, 0.15) is 5.56 Å². The van der Waals surface area contributed by atoms with E-state index in [1.807, 2.05) is 60.7 Å². The van der Waals surface area contributed by atoms with Crippen LogP contribution in [0.5, 0.6) is 11.5 Å². The lowest BCUT2D eigenvalue weighted by Crippen LogP contribution is -1.83. The minimum atomic E-state index is 0.783. The Morgan fingerprint density at radius 1 is 0.882 bits per heavy atom. The topological polar surface area (TPSA) is 33.0 Å². The van der Waals surface area contributed by atoms with Gasteiger partial charge in [0, 0.05) is 6.08 Å². The number of benzene rings is 2. The third-order valence-corrected chi connectivity index (χ3v) is 2.21. The molecule has 0 saturated heterocycles. The van der Waals surface area contributed by atoms with E-state index in [1.54, 1.807) is 6.08 Å².